The van der Waals surface area contributed by atoms with Crippen molar-refractivity contribution in [3.63, 3.8) is 0 Å². The maximum absolute atomic E-state index is 11.4. The van der Waals surface area contributed by atoms with Gasteiger partial charge in [-0.15, -0.1) is 0 Å². The molecule has 1 aliphatic rings. The van der Waals surface area contributed by atoms with Crippen LogP contribution in [0.3, 0.4) is 0 Å². The molecule has 1 aromatic carbocycles. The van der Waals surface area contributed by atoms with Gasteiger partial charge >= 0.3 is 12.1 Å². The maximum atomic E-state index is 11.4. The van der Waals surface area contributed by atoms with Gasteiger partial charge < -0.3 is 20.9 Å². The Balaban J connectivity index is 1.68. The summed E-state index contributed by atoms with van der Waals surface area (Å²) in [6.45, 7) is 0.403. The van der Waals surface area contributed by atoms with Gasteiger partial charge in [0.2, 0.25) is 0 Å². The van der Waals surface area contributed by atoms with Crippen molar-refractivity contribution >= 4 is 12.1 Å². The second-order valence-corrected chi connectivity index (χ2v) is 4.69. The number of carbonyl (C=O) groups is 2. The van der Waals surface area contributed by atoms with Crippen molar-refractivity contribution in [1.29, 1.82) is 0 Å². The zero-order valence-corrected chi connectivity index (χ0v) is 10.3. The van der Waals surface area contributed by atoms with Gasteiger partial charge in [0.1, 0.15) is 12.1 Å². The molecule has 0 saturated heterocycles. The molecule has 0 spiro atoms. The molecule has 1 saturated carbocycles. The Kier molecular flexibility index (Phi) is 3.71. The van der Waals surface area contributed by atoms with Crippen molar-refractivity contribution in [2.24, 2.45) is 11.7 Å². The van der Waals surface area contributed by atoms with Crippen LogP contribution in [-0.2, 0) is 16.1 Å². The molecule has 0 aliphatic heterocycles. The zero-order valence-electron chi connectivity index (χ0n) is 10.3. The van der Waals surface area contributed by atoms with Gasteiger partial charge in [0, 0.05) is 12.5 Å². The predicted molar refractivity (Wildman–Crippen MR) is 67.3 cm³/mol. The summed E-state index contributed by atoms with van der Waals surface area (Å²) in [6, 6.07) is 9.29. The van der Waals surface area contributed by atoms with E-state index in [2.05, 4.69) is 5.32 Å². The molecule has 1 unspecified atom stereocenters. The summed E-state index contributed by atoms with van der Waals surface area (Å²) in [5.41, 5.74) is 5.30. The molecular weight excluding hydrogens is 248 g/mol. The lowest BCUT2D eigenvalue weighted by Gasteiger charge is -2.08. The third kappa shape index (κ3) is 3.23. The Hall–Kier alpha value is -2.08. The first-order valence-corrected chi connectivity index (χ1v) is 5.99. The molecule has 2 rings (SSSR count). The van der Waals surface area contributed by atoms with Gasteiger partial charge in [-0.2, -0.15) is 0 Å². The lowest BCUT2D eigenvalue weighted by Crippen LogP contribution is -2.38. The molecule has 2 atom stereocenters. The Morgan fingerprint density at radius 2 is 2.11 bits per heavy atom. The molecule has 1 aromatic rings. The first-order valence-electron chi connectivity index (χ1n) is 5.99. The number of nitrogens with one attached hydrogen (secondary N) is 1. The highest BCUT2D eigenvalue weighted by molar-refractivity contribution is 5.83. The molecule has 0 heterocycles. The largest absolute Gasteiger partial charge is 0.480 e. The number of alkyl carbamates (subject to hydrolysis) is 1. The molecule has 102 valence electrons. The van der Waals surface area contributed by atoms with Gasteiger partial charge in [-0.1, -0.05) is 30.3 Å². The number of benzene rings is 1. The average Bonchev–Trinajstić information content (AvgIpc) is 3.08. The minimum Gasteiger partial charge on any atom is -0.480 e. The van der Waals surface area contributed by atoms with E-state index in [0.29, 0.717) is 6.42 Å². The van der Waals surface area contributed by atoms with E-state index in [1.807, 2.05) is 30.3 Å². The molecule has 1 fully saturated rings. The second-order valence-electron chi connectivity index (χ2n) is 4.69. The summed E-state index contributed by atoms with van der Waals surface area (Å²) in [6.07, 6.45) is -0.190. The first kappa shape index (κ1) is 13.4. The SMILES string of the molecule is N[C@@]1(C(=O)O)CC1CNC(=O)OCc1ccccc1. The molecule has 19 heavy (non-hydrogen) atoms. The molecule has 1 aliphatic carbocycles. The molecular formula is C13H16N2O4. The van der Waals surface area contributed by atoms with Crippen LogP contribution in [0.25, 0.3) is 0 Å². The van der Waals surface area contributed by atoms with Gasteiger partial charge in [0.15, 0.2) is 0 Å². The minimum absolute atomic E-state index is 0.185. The fourth-order valence-electron chi connectivity index (χ4n) is 1.85. The molecule has 1 amide bonds. The van der Waals surface area contributed by atoms with Crippen LogP contribution in [0.4, 0.5) is 4.79 Å². The van der Waals surface area contributed by atoms with Crippen LogP contribution in [-0.4, -0.2) is 29.3 Å². The van der Waals surface area contributed by atoms with Crippen LogP contribution < -0.4 is 11.1 Å². The van der Waals surface area contributed by atoms with Crippen molar-refractivity contribution in [2.75, 3.05) is 6.54 Å². The summed E-state index contributed by atoms with van der Waals surface area (Å²) < 4.78 is 5.00. The molecule has 0 radical (unpaired) electrons. The van der Waals surface area contributed by atoms with Gasteiger partial charge in [-0.3, -0.25) is 4.79 Å². The second kappa shape index (κ2) is 5.27. The average molecular weight is 264 g/mol. The monoisotopic (exact) mass is 264 g/mol. The number of hydrogen-bond donors (Lipinski definition) is 3. The summed E-state index contributed by atoms with van der Waals surface area (Å²) in [7, 11) is 0. The molecule has 4 N–H and O–H groups in total. The van der Waals surface area contributed by atoms with Crippen LogP contribution in [0.15, 0.2) is 30.3 Å². The van der Waals surface area contributed by atoms with Crippen LogP contribution in [0.1, 0.15) is 12.0 Å². The minimum atomic E-state index is -1.19. The summed E-state index contributed by atoms with van der Waals surface area (Å²) in [5, 5.41) is 11.4. The summed E-state index contributed by atoms with van der Waals surface area (Å²) in [4.78, 5) is 22.2. The smallest absolute Gasteiger partial charge is 0.407 e. The first-order chi connectivity index (χ1) is 9.02. The van der Waals surface area contributed by atoms with E-state index in [4.69, 9.17) is 15.6 Å². The molecule has 0 bridgehead atoms. The standard InChI is InChI=1S/C13H16N2O4/c14-13(11(16)17)6-10(13)7-15-12(18)19-8-9-4-2-1-3-5-9/h1-5,10H,6-8,14H2,(H,15,18)(H,16,17)/t10?,13-/m0/s1. The molecule has 6 heteroatoms. The van der Waals surface area contributed by atoms with E-state index in [1.54, 1.807) is 0 Å². The van der Waals surface area contributed by atoms with Gasteiger partial charge in [0.05, 0.1) is 0 Å². The highest BCUT2D eigenvalue weighted by Gasteiger charge is 2.57. The van der Waals surface area contributed by atoms with Crippen LogP contribution in [0.2, 0.25) is 0 Å². The normalized spacial score (nSPS) is 24.6. The van der Waals surface area contributed by atoms with Gasteiger partial charge in [-0.05, 0) is 12.0 Å². The van der Waals surface area contributed by atoms with E-state index < -0.39 is 17.6 Å². The lowest BCUT2D eigenvalue weighted by atomic mass is 10.2. The fourth-order valence-corrected chi connectivity index (χ4v) is 1.85. The fraction of sp³-hybridized carbons (Fsp3) is 0.385. The number of hydrogen-bond acceptors (Lipinski definition) is 4. The highest BCUT2D eigenvalue weighted by Crippen LogP contribution is 2.40. The third-order valence-corrected chi connectivity index (χ3v) is 3.26. The van der Waals surface area contributed by atoms with E-state index in [-0.39, 0.29) is 19.1 Å². The molecule has 6 nitrogen and oxygen atoms in total. The Morgan fingerprint density at radius 3 is 2.68 bits per heavy atom. The van der Waals surface area contributed by atoms with E-state index in [1.165, 1.54) is 0 Å². The highest BCUT2D eigenvalue weighted by atomic mass is 16.5. The van der Waals surface area contributed by atoms with Crippen LogP contribution in [0, 0.1) is 5.92 Å². The number of carboxylic acid groups (broad SMARTS) is 1. The number of amides is 1. The number of aliphatic carboxylic acids is 1. The number of carboxylic acids is 1. The lowest BCUT2D eigenvalue weighted by molar-refractivity contribution is -0.140. The van der Waals surface area contributed by atoms with Crippen molar-refractivity contribution < 1.29 is 19.4 Å². The number of ether oxygens (including phenoxy) is 1. The number of carbonyl (C=O) groups excluding carboxylic acids is 1. The quantitative estimate of drug-likeness (QED) is 0.727. The van der Waals surface area contributed by atoms with Gasteiger partial charge in [-0.25, -0.2) is 4.79 Å². The van der Waals surface area contributed by atoms with Crippen molar-refractivity contribution in [1.82, 2.24) is 5.32 Å². The predicted octanol–water partition coefficient (Wildman–Crippen LogP) is 0.715. The Labute approximate surface area is 110 Å². The van der Waals surface area contributed by atoms with E-state index in [9.17, 15) is 9.59 Å². The van der Waals surface area contributed by atoms with Crippen molar-refractivity contribution in [3.8, 4) is 0 Å². The Morgan fingerprint density at radius 1 is 1.42 bits per heavy atom. The summed E-state index contributed by atoms with van der Waals surface area (Å²) in [5.74, 6) is -1.26. The molecule has 0 aromatic heterocycles. The van der Waals surface area contributed by atoms with Crippen LogP contribution >= 0.6 is 0 Å². The van der Waals surface area contributed by atoms with Gasteiger partial charge in [0.25, 0.3) is 0 Å². The topological polar surface area (TPSA) is 102 Å². The maximum Gasteiger partial charge on any atom is 0.407 e. The van der Waals surface area contributed by atoms with Crippen molar-refractivity contribution in [3.05, 3.63) is 35.9 Å². The third-order valence-electron chi connectivity index (χ3n) is 3.26. The van der Waals surface area contributed by atoms with Crippen molar-refractivity contribution in [2.45, 2.75) is 18.6 Å². The van der Waals surface area contributed by atoms with E-state index in [0.717, 1.165) is 5.56 Å². The van der Waals surface area contributed by atoms with Crippen LogP contribution in [0.5, 0.6) is 0 Å². The zero-order chi connectivity index (χ0) is 13.9. The number of rotatable bonds is 5. The van der Waals surface area contributed by atoms with E-state index >= 15 is 0 Å². The summed E-state index contributed by atoms with van der Waals surface area (Å²) >= 11 is 0. The Bertz CT molecular complexity index is 477. The number of nitrogens with two attached hydrogens (primary N) is 1.